The van der Waals surface area contributed by atoms with Gasteiger partial charge in [-0.3, -0.25) is 0 Å². The van der Waals surface area contributed by atoms with Gasteiger partial charge in [-0.1, -0.05) is 18.2 Å². The van der Waals surface area contributed by atoms with Crippen molar-refractivity contribution in [3.63, 3.8) is 0 Å². The van der Waals surface area contributed by atoms with E-state index >= 15 is 0 Å². The van der Waals surface area contributed by atoms with Crippen molar-refractivity contribution >= 4 is 22.1 Å². The van der Waals surface area contributed by atoms with Crippen LogP contribution in [0.1, 0.15) is 29.2 Å². The minimum atomic E-state index is 0.314. The summed E-state index contributed by atoms with van der Waals surface area (Å²) in [6.07, 6.45) is 1.72. The van der Waals surface area contributed by atoms with Gasteiger partial charge in [0.15, 0.2) is 23.0 Å². The maximum Gasteiger partial charge on any atom is 0.175 e. The first-order valence-electron chi connectivity index (χ1n) is 10.6. The van der Waals surface area contributed by atoms with E-state index in [1.165, 1.54) is 0 Å². The molecule has 0 heterocycles. The minimum absolute atomic E-state index is 0.314. The molecule has 0 saturated carbocycles. The van der Waals surface area contributed by atoms with E-state index < -0.39 is 0 Å². The highest BCUT2D eigenvalue weighted by molar-refractivity contribution is 9.10. The Morgan fingerprint density at radius 1 is 0.971 bits per heavy atom. The Bertz CT molecular complexity index is 1190. The van der Waals surface area contributed by atoms with Crippen molar-refractivity contribution in [2.45, 2.75) is 20.1 Å². The third-order valence-electron chi connectivity index (χ3n) is 4.81. The SMILES string of the molecule is CCOc1cc(/C=N/NCc2ccc(OC)c(OC)c2)cc(Br)c1OCc1cccc(C#N)c1. The van der Waals surface area contributed by atoms with Gasteiger partial charge in [0.2, 0.25) is 0 Å². The zero-order valence-corrected chi connectivity index (χ0v) is 20.9. The molecule has 0 radical (unpaired) electrons. The highest BCUT2D eigenvalue weighted by Crippen LogP contribution is 2.37. The number of benzene rings is 3. The van der Waals surface area contributed by atoms with E-state index in [4.69, 9.17) is 24.2 Å². The quantitative estimate of drug-likeness (QED) is 0.266. The second-order valence-electron chi connectivity index (χ2n) is 7.15. The number of nitrogens with zero attached hydrogens (tertiary/aromatic N) is 2. The van der Waals surface area contributed by atoms with Crippen LogP contribution < -0.4 is 24.4 Å². The van der Waals surface area contributed by atoms with Crippen molar-refractivity contribution in [1.82, 2.24) is 5.43 Å². The van der Waals surface area contributed by atoms with Gasteiger partial charge < -0.3 is 24.4 Å². The molecule has 0 bridgehead atoms. The summed E-state index contributed by atoms with van der Waals surface area (Å²) in [7, 11) is 3.22. The highest BCUT2D eigenvalue weighted by Gasteiger charge is 2.12. The number of hydrogen-bond acceptors (Lipinski definition) is 7. The minimum Gasteiger partial charge on any atom is -0.493 e. The largest absolute Gasteiger partial charge is 0.493 e. The van der Waals surface area contributed by atoms with Gasteiger partial charge in [0.05, 0.1) is 49.7 Å². The van der Waals surface area contributed by atoms with Gasteiger partial charge >= 0.3 is 0 Å². The molecule has 0 aliphatic heterocycles. The molecule has 0 atom stereocenters. The Morgan fingerprint density at radius 3 is 2.53 bits per heavy atom. The predicted octanol–water partition coefficient (Wildman–Crippen LogP) is 5.44. The van der Waals surface area contributed by atoms with Gasteiger partial charge in [0.1, 0.15) is 6.61 Å². The zero-order valence-electron chi connectivity index (χ0n) is 19.3. The van der Waals surface area contributed by atoms with Gasteiger partial charge in [-0.05, 0) is 75.9 Å². The van der Waals surface area contributed by atoms with Crippen molar-refractivity contribution in [2.75, 3.05) is 20.8 Å². The molecule has 0 aromatic heterocycles. The first kappa shape index (κ1) is 24.9. The molecular formula is C26H26BrN3O4. The average molecular weight is 524 g/mol. The Labute approximate surface area is 208 Å². The average Bonchev–Trinajstić information content (AvgIpc) is 2.86. The molecule has 0 aliphatic rings. The number of rotatable bonds is 11. The van der Waals surface area contributed by atoms with Crippen molar-refractivity contribution < 1.29 is 18.9 Å². The van der Waals surface area contributed by atoms with Gasteiger partial charge in [-0.2, -0.15) is 10.4 Å². The normalized spacial score (nSPS) is 10.6. The Morgan fingerprint density at radius 2 is 1.79 bits per heavy atom. The van der Waals surface area contributed by atoms with E-state index in [1.807, 2.05) is 49.4 Å². The second-order valence-corrected chi connectivity index (χ2v) is 8.00. The summed E-state index contributed by atoms with van der Waals surface area (Å²) in [5.41, 5.74) is 6.39. The third kappa shape index (κ3) is 6.65. The van der Waals surface area contributed by atoms with E-state index in [-0.39, 0.29) is 0 Å². The summed E-state index contributed by atoms with van der Waals surface area (Å²) >= 11 is 3.58. The van der Waals surface area contributed by atoms with Crippen LogP contribution in [0.5, 0.6) is 23.0 Å². The molecule has 7 nitrogen and oxygen atoms in total. The molecule has 8 heteroatoms. The van der Waals surface area contributed by atoms with Gasteiger partial charge in [-0.25, -0.2) is 0 Å². The summed E-state index contributed by atoms with van der Waals surface area (Å²) < 4.78 is 23.2. The Kier molecular flexibility index (Phi) is 9.18. The van der Waals surface area contributed by atoms with Crippen molar-refractivity contribution in [3.8, 4) is 29.1 Å². The maximum absolute atomic E-state index is 9.09. The molecule has 0 aliphatic carbocycles. The van der Waals surface area contributed by atoms with Crippen LogP contribution in [-0.2, 0) is 13.2 Å². The monoisotopic (exact) mass is 523 g/mol. The lowest BCUT2D eigenvalue weighted by Crippen LogP contribution is -2.06. The molecule has 0 fully saturated rings. The Hall–Kier alpha value is -3.70. The molecule has 3 aromatic carbocycles. The summed E-state index contributed by atoms with van der Waals surface area (Å²) in [6, 6.07) is 19.0. The first-order chi connectivity index (χ1) is 16.6. The maximum atomic E-state index is 9.09. The molecular weight excluding hydrogens is 498 g/mol. The van der Waals surface area contributed by atoms with Gasteiger partial charge in [0, 0.05) is 0 Å². The van der Waals surface area contributed by atoms with Crippen molar-refractivity contribution in [3.05, 3.63) is 81.3 Å². The summed E-state index contributed by atoms with van der Waals surface area (Å²) in [4.78, 5) is 0. The fraction of sp³-hybridized carbons (Fsp3) is 0.231. The number of hydrogen-bond donors (Lipinski definition) is 1. The lowest BCUT2D eigenvalue weighted by Gasteiger charge is -2.15. The highest BCUT2D eigenvalue weighted by atomic mass is 79.9. The third-order valence-corrected chi connectivity index (χ3v) is 5.40. The van der Waals surface area contributed by atoms with Crippen LogP contribution in [0.25, 0.3) is 0 Å². The molecule has 3 aromatic rings. The molecule has 0 amide bonds. The number of hydrazone groups is 1. The lowest BCUT2D eigenvalue weighted by atomic mass is 10.1. The van der Waals surface area contributed by atoms with Crippen LogP contribution in [-0.4, -0.2) is 27.0 Å². The second kappa shape index (κ2) is 12.5. The van der Waals surface area contributed by atoms with E-state index in [9.17, 15) is 0 Å². The van der Waals surface area contributed by atoms with E-state index in [2.05, 4.69) is 32.5 Å². The summed E-state index contributed by atoms with van der Waals surface area (Å²) in [5, 5.41) is 13.4. The fourth-order valence-corrected chi connectivity index (χ4v) is 3.77. The van der Waals surface area contributed by atoms with Crippen molar-refractivity contribution in [1.29, 1.82) is 5.26 Å². The molecule has 1 N–H and O–H groups in total. The topological polar surface area (TPSA) is 85.1 Å². The number of nitrogens with one attached hydrogen (secondary N) is 1. The van der Waals surface area contributed by atoms with Crippen LogP contribution in [0, 0.1) is 11.3 Å². The Balaban J connectivity index is 1.68. The first-order valence-corrected chi connectivity index (χ1v) is 11.4. The zero-order chi connectivity index (χ0) is 24.3. The molecule has 0 saturated heterocycles. The van der Waals surface area contributed by atoms with Gasteiger partial charge in [0.25, 0.3) is 0 Å². The molecule has 0 unspecified atom stereocenters. The van der Waals surface area contributed by atoms with Crippen LogP contribution >= 0.6 is 15.9 Å². The van der Waals surface area contributed by atoms with Gasteiger partial charge in [-0.15, -0.1) is 0 Å². The van der Waals surface area contributed by atoms with Crippen molar-refractivity contribution in [2.24, 2.45) is 5.10 Å². The number of methoxy groups -OCH3 is 2. The van der Waals surface area contributed by atoms with E-state index in [1.54, 1.807) is 32.6 Å². The fourth-order valence-electron chi connectivity index (χ4n) is 3.20. The van der Waals surface area contributed by atoms with Crippen LogP contribution in [0.3, 0.4) is 0 Å². The predicted molar refractivity (Wildman–Crippen MR) is 135 cm³/mol. The molecule has 0 spiro atoms. The molecule has 3 rings (SSSR count). The summed E-state index contributed by atoms with van der Waals surface area (Å²) in [5.74, 6) is 2.56. The van der Waals surface area contributed by atoms with Crippen LogP contribution in [0.15, 0.2) is 64.2 Å². The smallest absolute Gasteiger partial charge is 0.175 e. The number of ether oxygens (including phenoxy) is 4. The molecule has 34 heavy (non-hydrogen) atoms. The van der Waals surface area contributed by atoms with Crippen LogP contribution in [0.4, 0.5) is 0 Å². The number of nitriles is 1. The standard InChI is InChI=1S/C26H26BrN3O4/c1-4-33-25-13-21(16-30-29-15-19-8-9-23(31-2)24(12-19)32-3)11-22(27)26(25)34-17-20-7-5-6-18(10-20)14-28/h5-13,16,29H,4,15,17H2,1-3H3/b30-16+. The number of halogens is 1. The summed E-state index contributed by atoms with van der Waals surface area (Å²) in [6.45, 7) is 3.25. The molecule has 176 valence electrons. The van der Waals surface area contributed by atoms with E-state index in [0.717, 1.165) is 21.2 Å². The van der Waals surface area contributed by atoms with Crippen LogP contribution in [0.2, 0.25) is 0 Å². The van der Waals surface area contributed by atoms with E-state index in [0.29, 0.717) is 48.3 Å². The lowest BCUT2D eigenvalue weighted by molar-refractivity contribution is 0.267.